The molecule has 1 aliphatic rings. The van der Waals surface area contributed by atoms with Crippen LogP contribution in [0.25, 0.3) is 0 Å². The molecule has 1 heterocycles. The van der Waals surface area contributed by atoms with E-state index in [1.807, 2.05) is 30.1 Å². The molecule has 1 atom stereocenters. The summed E-state index contributed by atoms with van der Waals surface area (Å²) in [4.78, 5) is 29.8. The highest BCUT2D eigenvalue weighted by Crippen LogP contribution is 2.43. The van der Waals surface area contributed by atoms with Crippen molar-refractivity contribution in [2.75, 3.05) is 18.9 Å². The third-order valence-corrected chi connectivity index (χ3v) is 4.32. The number of pyridine rings is 1. The van der Waals surface area contributed by atoms with Crippen molar-refractivity contribution in [3.63, 3.8) is 0 Å². The molecule has 1 amide bonds. The first-order valence-corrected chi connectivity index (χ1v) is 8.29. The summed E-state index contributed by atoms with van der Waals surface area (Å²) in [6.07, 6.45) is 4.07. The van der Waals surface area contributed by atoms with E-state index in [9.17, 15) is 9.59 Å². The fourth-order valence-electron chi connectivity index (χ4n) is 3.05. The van der Waals surface area contributed by atoms with E-state index < -0.39 is 5.97 Å². The highest BCUT2D eigenvalue weighted by Gasteiger charge is 2.36. The summed E-state index contributed by atoms with van der Waals surface area (Å²) < 4.78 is 0. The van der Waals surface area contributed by atoms with E-state index >= 15 is 0 Å². The number of likely N-dealkylation sites (N-methyl/N-ethyl adjacent to an activating group) is 1. The van der Waals surface area contributed by atoms with E-state index in [0.717, 1.165) is 18.5 Å². The van der Waals surface area contributed by atoms with Crippen molar-refractivity contribution in [1.82, 2.24) is 9.88 Å². The maximum absolute atomic E-state index is 12.4. The van der Waals surface area contributed by atoms with E-state index in [4.69, 9.17) is 5.11 Å². The van der Waals surface area contributed by atoms with Crippen LogP contribution >= 0.6 is 0 Å². The number of amides is 1. The van der Waals surface area contributed by atoms with Crippen LogP contribution in [0, 0.1) is 5.92 Å². The van der Waals surface area contributed by atoms with Gasteiger partial charge >= 0.3 is 5.97 Å². The Hall–Kier alpha value is -2.73. The zero-order valence-corrected chi connectivity index (χ0v) is 14.1. The van der Waals surface area contributed by atoms with Crippen LogP contribution in [0.1, 0.15) is 34.9 Å². The lowest BCUT2D eigenvalue weighted by Crippen LogP contribution is -2.34. The maximum Gasteiger partial charge on any atom is 0.335 e. The monoisotopic (exact) mass is 339 g/mol. The van der Waals surface area contributed by atoms with Gasteiger partial charge in [0.15, 0.2) is 0 Å². The predicted octanol–water partition coefficient (Wildman–Crippen LogP) is 2.80. The van der Waals surface area contributed by atoms with Gasteiger partial charge in [-0.15, -0.1) is 0 Å². The molecule has 6 heteroatoms. The van der Waals surface area contributed by atoms with Crippen LogP contribution in [0.5, 0.6) is 0 Å². The highest BCUT2D eigenvalue weighted by atomic mass is 16.4. The molecule has 0 aliphatic heterocycles. The number of carbonyl (C=O) groups is 2. The first kappa shape index (κ1) is 17.1. The highest BCUT2D eigenvalue weighted by molar-refractivity contribution is 5.94. The molecular weight excluding hydrogens is 318 g/mol. The van der Waals surface area contributed by atoms with Crippen LogP contribution in [0.3, 0.4) is 0 Å². The summed E-state index contributed by atoms with van der Waals surface area (Å²) in [5.74, 6) is -0.660. The number of carboxylic acid groups (broad SMARTS) is 1. The summed E-state index contributed by atoms with van der Waals surface area (Å²) in [5.41, 5.74) is 1.61. The quantitative estimate of drug-likeness (QED) is 0.810. The van der Waals surface area contributed by atoms with Crippen molar-refractivity contribution in [3.05, 3.63) is 59.9 Å². The van der Waals surface area contributed by atoms with Gasteiger partial charge in [-0.2, -0.15) is 0 Å². The van der Waals surface area contributed by atoms with Gasteiger partial charge < -0.3 is 10.4 Å². The Bertz CT molecular complexity index is 760. The number of anilines is 1. The number of benzene rings is 1. The first-order valence-electron chi connectivity index (χ1n) is 8.29. The number of aromatic carboxylic acids is 1. The van der Waals surface area contributed by atoms with Gasteiger partial charge in [0.2, 0.25) is 5.91 Å². The minimum Gasteiger partial charge on any atom is -0.478 e. The Balaban J connectivity index is 1.65. The molecule has 0 radical (unpaired) electrons. The van der Waals surface area contributed by atoms with Gasteiger partial charge in [-0.05, 0) is 56.1 Å². The third-order valence-electron chi connectivity index (χ3n) is 4.32. The topological polar surface area (TPSA) is 82.5 Å². The fourth-order valence-corrected chi connectivity index (χ4v) is 3.05. The van der Waals surface area contributed by atoms with Crippen molar-refractivity contribution >= 4 is 17.6 Å². The Morgan fingerprint density at radius 1 is 1.28 bits per heavy atom. The number of nitrogens with zero attached hydrogens (tertiary/aromatic N) is 2. The number of carbonyl (C=O) groups excluding carboxylic acids is 1. The normalized spacial score (nSPS) is 15.0. The van der Waals surface area contributed by atoms with Crippen LogP contribution in [-0.4, -0.2) is 40.5 Å². The van der Waals surface area contributed by atoms with Gasteiger partial charge in [0.05, 0.1) is 23.8 Å². The van der Waals surface area contributed by atoms with Crippen molar-refractivity contribution in [1.29, 1.82) is 0 Å². The van der Waals surface area contributed by atoms with Gasteiger partial charge in [-0.25, -0.2) is 4.79 Å². The lowest BCUT2D eigenvalue weighted by atomic mass is 10.1. The number of aromatic nitrogens is 1. The molecule has 1 aliphatic carbocycles. The molecule has 0 bridgehead atoms. The number of hydrogen-bond donors (Lipinski definition) is 2. The fraction of sp³-hybridized carbons (Fsp3) is 0.316. The molecule has 2 aromatic rings. The molecule has 25 heavy (non-hydrogen) atoms. The van der Waals surface area contributed by atoms with E-state index in [-0.39, 0.29) is 24.1 Å². The minimum absolute atomic E-state index is 0.123. The summed E-state index contributed by atoms with van der Waals surface area (Å²) >= 11 is 0. The molecule has 2 N–H and O–H groups in total. The standard InChI is InChI=1S/C19H21N3O3/c1-22(18(13-8-9-13)16-7-2-3-10-20-16)12-17(23)21-15-6-4-5-14(11-15)19(24)25/h2-7,10-11,13,18H,8-9,12H2,1H3,(H,21,23)(H,24,25). The summed E-state index contributed by atoms with van der Waals surface area (Å²) in [5, 5.41) is 11.8. The number of nitrogens with one attached hydrogen (secondary N) is 1. The van der Waals surface area contributed by atoms with Crippen LogP contribution in [-0.2, 0) is 4.79 Å². The van der Waals surface area contributed by atoms with E-state index in [2.05, 4.69) is 10.3 Å². The van der Waals surface area contributed by atoms with Gasteiger partial charge in [-0.1, -0.05) is 12.1 Å². The van der Waals surface area contributed by atoms with Crippen molar-refractivity contribution in [3.8, 4) is 0 Å². The number of rotatable bonds is 7. The second-order valence-electron chi connectivity index (χ2n) is 6.39. The van der Waals surface area contributed by atoms with Gasteiger partial charge in [0.1, 0.15) is 0 Å². The van der Waals surface area contributed by atoms with Gasteiger partial charge in [0, 0.05) is 11.9 Å². The molecule has 3 rings (SSSR count). The SMILES string of the molecule is CN(CC(=O)Nc1cccc(C(=O)O)c1)C(c1ccccn1)C1CC1. The van der Waals surface area contributed by atoms with Gasteiger partial charge in [0.25, 0.3) is 0 Å². The molecule has 6 nitrogen and oxygen atoms in total. The van der Waals surface area contributed by atoms with Crippen LogP contribution in [0.2, 0.25) is 0 Å². The Kier molecular flexibility index (Phi) is 5.09. The molecular formula is C19H21N3O3. The maximum atomic E-state index is 12.4. The second kappa shape index (κ2) is 7.44. The zero-order chi connectivity index (χ0) is 17.8. The van der Waals surface area contributed by atoms with E-state index in [1.165, 1.54) is 12.1 Å². The van der Waals surface area contributed by atoms with Crippen molar-refractivity contribution in [2.45, 2.75) is 18.9 Å². The minimum atomic E-state index is -1.02. The third kappa shape index (κ3) is 4.42. The molecule has 1 aromatic heterocycles. The van der Waals surface area contributed by atoms with Gasteiger partial charge in [-0.3, -0.25) is 14.7 Å². The predicted molar refractivity (Wildman–Crippen MR) is 94.4 cm³/mol. The van der Waals surface area contributed by atoms with E-state index in [1.54, 1.807) is 18.3 Å². The molecule has 0 spiro atoms. The Morgan fingerprint density at radius 2 is 2.08 bits per heavy atom. The first-order chi connectivity index (χ1) is 12.0. The van der Waals surface area contributed by atoms with E-state index in [0.29, 0.717) is 11.6 Å². The second-order valence-corrected chi connectivity index (χ2v) is 6.39. The smallest absolute Gasteiger partial charge is 0.335 e. The summed E-state index contributed by atoms with van der Waals surface area (Å²) in [6.45, 7) is 0.217. The molecule has 130 valence electrons. The zero-order valence-electron chi connectivity index (χ0n) is 14.1. The van der Waals surface area contributed by atoms with Crippen LogP contribution in [0.15, 0.2) is 48.7 Å². The lowest BCUT2D eigenvalue weighted by Gasteiger charge is -2.27. The summed E-state index contributed by atoms with van der Waals surface area (Å²) in [6, 6.07) is 12.2. The average Bonchev–Trinajstić information content (AvgIpc) is 3.41. The summed E-state index contributed by atoms with van der Waals surface area (Å²) in [7, 11) is 1.92. The molecule has 1 unspecified atom stereocenters. The number of carboxylic acids is 1. The van der Waals surface area contributed by atoms with Crippen molar-refractivity contribution < 1.29 is 14.7 Å². The molecule has 1 fully saturated rings. The van der Waals surface area contributed by atoms with Crippen LogP contribution in [0.4, 0.5) is 5.69 Å². The Morgan fingerprint density at radius 3 is 2.72 bits per heavy atom. The van der Waals surface area contributed by atoms with Crippen molar-refractivity contribution in [2.24, 2.45) is 5.92 Å². The van der Waals surface area contributed by atoms with Crippen LogP contribution < -0.4 is 5.32 Å². The lowest BCUT2D eigenvalue weighted by molar-refractivity contribution is -0.117. The molecule has 1 saturated carbocycles. The molecule has 0 saturated heterocycles. The number of hydrogen-bond acceptors (Lipinski definition) is 4. The average molecular weight is 339 g/mol. The largest absolute Gasteiger partial charge is 0.478 e. The Labute approximate surface area is 146 Å². The molecule has 1 aromatic carbocycles.